The van der Waals surface area contributed by atoms with Crippen molar-refractivity contribution < 1.29 is 4.79 Å². The number of carbonyl (C=O) groups is 1. The molecule has 1 heterocycles. The minimum absolute atomic E-state index is 0.0842. The van der Waals surface area contributed by atoms with Crippen LogP contribution < -0.4 is 5.32 Å². The molecule has 1 N–H and O–H groups in total. The number of nitrogens with zero attached hydrogens (tertiary/aromatic N) is 1. The molecule has 0 saturated heterocycles. The fourth-order valence-corrected chi connectivity index (χ4v) is 1.27. The molecule has 0 bridgehead atoms. The zero-order valence-electron chi connectivity index (χ0n) is 8.96. The average molecular weight is 227 g/mol. The molecular formula is C11H15ClN2O. The van der Waals surface area contributed by atoms with Crippen molar-refractivity contribution in [3.05, 3.63) is 29.6 Å². The van der Waals surface area contributed by atoms with Crippen molar-refractivity contribution in [2.45, 2.75) is 25.6 Å². The maximum absolute atomic E-state index is 11.6. The van der Waals surface area contributed by atoms with Crippen LogP contribution in [0, 0.1) is 6.92 Å². The third kappa shape index (κ3) is 4.30. The maximum Gasteiger partial charge on any atom is 0.252 e. The van der Waals surface area contributed by atoms with E-state index in [4.69, 9.17) is 11.6 Å². The predicted octanol–water partition coefficient (Wildman–Crippen LogP) is 2.14. The molecular weight excluding hydrogens is 212 g/mol. The Bertz CT molecular complexity index is 339. The number of hydrogen-bond donors (Lipinski definition) is 1. The third-order valence-electron chi connectivity index (χ3n) is 1.96. The minimum Gasteiger partial charge on any atom is -0.352 e. The fraction of sp³-hybridized carbons (Fsp3) is 0.455. The molecule has 15 heavy (non-hydrogen) atoms. The van der Waals surface area contributed by atoms with E-state index >= 15 is 0 Å². The average Bonchev–Trinajstić information content (AvgIpc) is 2.17. The number of aromatic nitrogens is 1. The van der Waals surface area contributed by atoms with Crippen LogP contribution in [0.3, 0.4) is 0 Å². The lowest BCUT2D eigenvalue weighted by molar-refractivity contribution is 0.0953. The summed E-state index contributed by atoms with van der Waals surface area (Å²) in [6.07, 6.45) is 4.05. The molecule has 1 aromatic rings. The molecule has 82 valence electrons. The number of hydrogen-bond acceptors (Lipinski definition) is 2. The molecule has 4 heteroatoms. The maximum atomic E-state index is 11.6. The van der Waals surface area contributed by atoms with Gasteiger partial charge in [0.05, 0.1) is 5.56 Å². The Labute approximate surface area is 94.9 Å². The molecule has 0 radical (unpaired) electrons. The molecule has 3 nitrogen and oxygen atoms in total. The molecule has 0 saturated carbocycles. The highest BCUT2D eigenvalue weighted by Gasteiger charge is 2.05. The zero-order chi connectivity index (χ0) is 11.3. The second-order valence-electron chi connectivity index (χ2n) is 3.58. The van der Waals surface area contributed by atoms with E-state index in [0.717, 1.165) is 12.0 Å². The second-order valence-corrected chi connectivity index (χ2v) is 4.32. The summed E-state index contributed by atoms with van der Waals surface area (Å²) in [5.41, 5.74) is 1.57. The summed E-state index contributed by atoms with van der Waals surface area (Å²) in [5, 5.41) is 2.88. The van der Waals surface area contributed by atoms with E-state index < -0.39 is 0 Å². The second kappa shape index (κ2) is 5.71. The van der Waals surface area contributed by atoms with Gasteiger partial charge in [0, 0.05) is 24.3 Å². The van der Waals surface area contributed by atoms with Crippen molar-refractivity contribution in [1.82, 2.24) is 10.3 Å². The molecule has 1 amide bonds. The van der Waals surface area contributed by atoms with Crippen LogP contribution in [-0.2, 0) is 0 Å². The van der Waals surface area contributed by atoms with Crippen molar-refractivity contribution in [3.63, 3.8) is 0 Å². The van der Waals surface area contributed by atoms with Gasteiger partial charge in [-0.1, -0.05) is 0 Å². The van der Waals surface area contributed by atoms with Crippen LogP contribution in [-0.4, -0.2) is 22.8 Å². The molecule has 1 rings (SSSR count). The van der Waals surface area contributed by atoms with Gasteiger partial charge in [0.25, 0.3) is 5.91 Å². The van der Waals surface area contributed by atoms with E-state index in [0.29, 0.717) is 12.1 Å². The zero-order valence-corrected chi connectivity index (χ0v) is 9.71. The first-order valence-corrected chi connectivity index (χ1v) is 5.37. The highest BCUT2D eigenvalue weighted by atomic mass is 35.5. The summed E-state index contributed by atoms with van der Waals surface area (Å²) >= 11 is 5.77. The highest BCUT2D eigenvalue weighted by Crippen LogP contribution is 2.02. The molecule has 0 aromatic carbocycles. The van der Waals surface area contributed by atoms with Gasteiger partial charge in [-0.25, -0.2) is 0 Å². The molecule has 0 aliphatic heterocycles. The van der Waals surface area contributed by atoms with E-state index in [2.05, 4.69) is 10.3 Å². The van der Waals surface area contributed by atoms with Gasteiger partial charge < -0.3 is 5.32 Å². The molecule has 1 atom stereocenters. The molecule has 1 aromatic heterocycles. The van der Waals surface area contributed by atoms with Crippen LogP contribution >= 0.6 is 11.6 Å². The van der Waals surface area contributed by atoms with Crippen LogP contribution in [0.4, 0.5) is 0 Å². The van der Waals surface area contributed by atoms with Gasteiger partial charge >= 0.3 is 0 Å². The number of amides is 1. The van der Waals surface area contributed by atoms with E-state index in [9.17, 15) is 4.79 Å². The highest BCUT2D eigenvalue weighted by molar-refractivity contribution is 6.20. The Hall–Kier alpha value is -1.09. The van der Waals surface area contributed by atoms with Gasteiger partial charge in [-0.15, -0.1) is 11.6 Å². The number of aryl methyl sites for hydroxylation is 1. The monoisotopic (exact) mass is 226 g/mol. The van der Waals surface area contributed by atoms with Gasteiger partial charge in [0.1, 0.15) is 0 Å². The number of halogens is 1. The molecule has 0 fully saturated rings. The van der Waals surface area contributed by atoms with Crippen LogP contribution in [0.1, 0.15) is 29.3 Å². The standard InChI is InChI=1S/C11H15ClN2O/c1-8-5-10(7-13-6-8)11(15)14-4-3-9(2)12/h5-7,9H,3-4H2,1-2H3,(H,14,15). The van der Waals surface area contributed by atoms with E-state index in [1.165, 1.54) is 0 Å². The largest absolute Gasteiger partial charge is 0.352 e. The number of alkyl halides is 1. The topological polar surface area (TPSA) is 42.0 Å². The first-order chi connectivity index (χ1) is 7.09. The van der Waals surface area contributed by atoms with E-state index in [-0.39, 0.29) is 11.3 Å². The lowest BCUT2D eigenvalue weighted by Gasteiger charge is -2.06. The van der Waals surface area contributed by atoms with Gasteiger partial charge in [-0.3, -0.25) is 9.78 Å². The number of rotatable bonds is 4. The van der Waals surface area contributed by atoms with Crippen LogP contribution in [0.2, 0.25) is 0 Å². The Morgan fingerprint density at radius 2 is 2.33 bits per heavy atom. The van der Waals surface area contributed by atoms with E-state index in [1.54, 1.807) is 12.4 Å². The van der Waals surface area contributed by atoms with E-state index in [1.807, 2.05) is 19.9 Å². The Morgan fingerprint density at radius 3 is 2.93 bits per heavy atom. The van der Waals surface area contributed by atoms with Crippen molar-refractivity contribution >= 4 is 17.5 Å². The molecule has 0 spiro atoms. The van der Waals surface area contributed by atoms with Gasteiger partial charge in [-0.05, 0) is 31.9 Å². The SMILES string of the molecule is Cc1cncc(C(=O)NCCC(C)Cl)c1. The summed E-state index contributed by atoms with van der Waals surface area (Å²) in [6.45, 7) is 4.41. The summed E-state index contributed by atoms with van der Waals surface area (Å²) in [5.74, 6) is -0.0940. The lowest BCUT2D eigenvalue weighted by atomic mass is 10.2. The fourth-order valence-electron chi connectivity index (χ4n) is 1.17. The Balaban J connectivity index is 2.47. The summed E-state index contributed by atoms with van der Waals surface area (Å²) in [6, 6.07) is 1.81. The number of pyridine rings is 1. The molecule has 0 aliphatic rings. The predicted molar refractivity (Wildman–Crippen MR) is 61.2 cm³/mol. The summed E-state index contributed by atoms with van der Waals surface area (Å²) < 4.78 is 0. The summed E-state index contributed by atoms with van der Waals surface area (Å²) in [4.78, 5) is 15.5. The first kappa shape index (κ1) is 12.0. The molecule has 0 aliphatic carbocycles. The van der Waals surface area contributed by atoms with Gasteiger partial charge in [0.2, 0.25) is 0 Å². The van der Waals surface area contributed by atoms with Crippen molar-refractivity contribution in [2.75, 3.05) is 6.54 Å². The third-order valence-corrected chi connectivity index (χ3v) is 2.18. The van der Waals surface area contributed by atoms with Gasteiger partial charge in [0.15, 0.2) is 0 Å². The van der Waals surface area contributed by atoms with Crippen LogP contribution in [0.15, 0.2) is 18.5 Å². The Morgan fingerprint density at radius 1 is 1.60 bits per heavy atom. The number of nitrogens with one attached hydrogen (secondary N) is 1. The van der Waals surface area contributed by atoms with Gasteiger partial charge in [-0.2, -0.15) is 0 Å². The quantitative estimate of drug-likeness (QED) is 0.800. The van der Waals surface area contributed by atoms with Crippen molar-refractivity contribution in [2.24, 2.45) is 0 Å². The summed E-state index contributed by atoms with van der Waals surface area (Å²) in [7, 11) is 0. The normalized spacial score (nSPS) is 12.2. The van der Waals surface area contributed by atoms with Crippen molar-refractivity contribution in [3.8, 4) is 0 Å². The van der Waals surface area contributed by atoms with Crippen LogP contribution in [0.25, 0.3) is 0 Å². The molecule has 1 unspecified atom stereocenters. The van der Waals surface area contributed by atoms with Crippen LogP contribution in [0.5, 0.6) is 0 Å². The Kier molecular flexibility index (Phi) is 4.56. The lowest BCUT2D eigenvalue weighted by Crippen LogP contribution is -2.25. The van der Waals surface area contributed by atoms with Crippen molar-refractivity contribution in [1.29, 1.82) is 0 Å². The number of carbonyl (C=O) groups excluding carboxylic acids is 1. The smallest absolute Gasteiger partial charge is 0.252 e. The minimum atomic E-state index is -0.0940. The first-order valence-electron chi connectivity index (χ1n) is 4.93.